The van der Waals surface area contributed by atoms with Gasteiger partial charge < -0.3 is 15.0 Å². The Balaban J connectivity index is 2.16. The van der Waals surface area contributed by atoms with E-state index >= 15 is 0 Å². The molecule has 0 aliphatic carbocycles. The number of ether oxygens (including phenoxy) is 1. The first-order valence-corrected chi connectivity index (χ1v) is 12.9. The molecule has 0 spiro atoms. The maximum atomic E-state index is 14.2. The predicted octanol–water partition coefficient (Wildman–Crippen LogP) is 2.93. The average Bonchev–Trinajstić information content (AvgIpc) is 2.80. The molecule has 0 aliphatic rings. The minimum Gasteiger partial charge on any atom is -0.497 e. The Morgan fingerprint density at radius 1 is 1.12 bits per heavy atom. The molecule has 0 radical (unpaired) electrons. The van der Waals surface area contributed by atoms with Gasteiger partial charge in [0.05, 0.1) is 19.1 Å². The van der Waals surface area contributed by atoms with Crippen LogP contribution in [0.5, 0.6) is 5.75 Å². The molecule has 0 saturated heterocycles. The number of methoxy groups -OCH3 is 1. The SMILES string of the molecule is CCNC(=O)[C@@H](C)N(Cc1ccc(OC)cc1)C(=O)CCCN(c1ccccc1F)S(C)(=O)=O. The Bertz CT molecular complexity index is 1080. The first-order valence-electron chi connectivity index (χ1n) is 11.0. The number of nitrogens with zero attached hydrogens (tertiary/aromatic N) is 2. The fourth-order valence-corrected chi connectivity index (χ4v) is 4.43. The van der Waals surface area contributed by atoms with Gasteiger partial charge >= 0.3 is 0 Å². The molecule has 2 aromatic carbocycles. The highest BCUT2D eigenvalue weighted by Crippen LogP contribution is 2.22. The maximum absolute atomic E-state index is 14.2. The van der Waals surface area contributed by atoms with Crippen LogP contribution in [0.4, 0.5) is 10.1 Å². The third-order valence-electron chi connectivity index (χ3n) is 5.30. The van der Waals surface area contributed by atoms with Crippen LogP contribution in [-0.2, 0) is 26.2 Å². The summed E-state index contributed by atoms with van der Waals surface area (Å²) in [4.78, 5) is 27.1. The molecule has 34 heavy (non-hydrogen) atoms. The average molecular weight is 494 g/mol. The summed E-state index contributed by atoms with van der Waals surface area (Å²) in [6.07, 6.45) is 1.14. The number of likely N-dealkylation sites (N-methyl/N-ethyl adjacent to an activating group) is 1. The lowest BCUT2D eigenvalue weighted by Gasteiger charge is -2.29. The van der Waals surface area contributed by atoms with Crippen molar-refractivity contribution in [3.8, 4) is 5.75 Å². The van der Waals surface area contributed by atoms with Crippen LogP contribution in [-0.4, -0.2) is 57.6 Å². The van der Waals surface area contributed by atoms with Gasteiger partial charge in [-0.1, -0.05) is 24.3 Å². The van der Waals surface area contributed by atoms with Crippen LogP contribution in [0.3, 0.4) is 0 Å². The number of hydrogen-bond acceptors (Lipinski definition) is 5. The zero-order valence-electron chi connectivity index (χ0n) is 20.0. The third-order valence-corrected chi connectivity index (χ3v) is 6.48. The Hall–Kier alpha value is -3.14. The molecule has 1 atom stereocenters. The van der Waals surface area contributed by atoms with Crippen molar-refractivity contribution < 1.29 is 27.1 Å². The molecule has 0 fully saturated rings. The molecule has 0 aliphatic heterocycles. The molecule has 2 rings (SSSR count). The van der Waals surface area contributed by atoms with Crippen molar-refractivity contribution in [2.24, 2.45) is 0 Å². The number of anilines is 1. The Kier molecular flexibility index (Phi) is 9.85. The number of hydrogen-bond donors (Lipinski definition) is 1. The number of carbonyl (C=O) groups is 2. The van der Waals surface area contributed by atoms with Crippen LogP contribution < -0.4 is 14.4 Å². The van der Waals surface area contributed by atoms with Crippen LogP contribution in [0.1, 0.15) is 32.3 Å². The summed E-state index contributed by atoms with van der Waals surface area (Å²) in [6, 6.07) is 12.0. The zero-order valence-corrected chi connectivity index (χ0v) is 20.8. The predicted molar refractivity (Wildman–Crippen MR) is 130 cm³/mol. The van der Waals surface area contributed by atoms with Crippen LogP contribution in [0.25, 0.3) is 0 Å². The van der Waals surface area contributed by atoms with Gasteiger partial charge in [0.1, 0.15) is 17.6 Å². The van der Waals surface area contributed by atoms with E-state index in [0.29, 0.717) is 12.3 Å². The summed E-state index contributed by atoms with van der Waals surface area (Å²) < 4.78 is 44.8. The van der Waals surface area contributed by atoms with Gasteiger partial charge in [-0.25, -0.2) is 12.8 Å². The van der Waals surface area contributed by atoms with E-state index in [2.05, 4.69) is 5.32 Å². The molecular weight excluding hydrogens is 461 g/mol. The van der Waals surface area contributed by atoms with Crippen molar-refractivity contribution in [2.75, 3.05) is 30.8 Å². The van der Waals surface area contributed by atoms with E-state index < -0.39 is 21.9 Å². The molecule has 2 amide bonds. The second-order valence-corrected chi connectivity index (χ2v) is 9.74. The number of sulfonamides is 1. The van der Waals surface area contributed by atoms with Gasteiger partial charge in [-0.05, 0) is 50.1 Å². The number of rotatable bonds is 12. The summed E-state index contributed by atoms with van der Waals surface area (Å²) in [5.41, 5.74) is 0.748. The Morgan fingerprint density at radius 2 is 1.76 bits per heavy atom. The number of nitrogens with one attached hydrogen (secondary N) is 1. The fraction of sp³-hybridized carbons (Fsp3) is 0.417. The third kappa shape index (κ3) is 7.44. The zero-order chi connectivity index (χ0) is 25.3. The normalized spacial score (nSPS) is 12.0. The monoisotopic (exact) mass is 493 g/mol. The molecule has 0 aromatic heterocycles. The Morgan fingerprint density at radius 3 is 2.32 bits per heavy atom. The molecule has 2 aromatic rings. The standard InChI is InChI=1S/C24H32FN3O5S/c1-5-26-24(30)18(2)27(17-19-12-14-20(33-3)15-13-19)23(29)11-8-16-28(34(4,31)32)22-10-7-6-9-21(22)25/h6-7,9-10,12-15,18H,5,8,11,16-17H2,1-4H3,(H,26,30)/t18-/m1/s1. The van der Waals surface area contributed by atoms with Gasteiger partial charge in [0.15, 0.2) is 0 Å². The van der Waals surface area contributed by atoms with Crippen LogP contribution in [0, 0.1) is 5.82 Å². The number of para-hydroxylation sites is 1. The van der Waals surface area contributed by atoms with Gasteiger partial charge in [-0.2, -0.15) is 0 Å². The van der Waals surface area contributed by atoms with E-state index in [1.165, 1.54) is 23.1 Å². The summed E-state index contributed by atoms with van der Waals surface area (Å²) in [5, 5.41) is 2.72. The van der Waals surface area contributed by atoms with E-state index in [0.717, 1.165) is 16.1 Å². The van der Waals surface area contributed by atoms with Crippen molar-refractivity contribution in [1.29, 1.82) is 0 Å². The topological polar surface area (TPSA) is 96.0 Å². The van der Waals surface area contributed by atoms with Crippen molar-refractivity contribution in [3.63, 3.8) is 0 Å². The van der Waals surface area contributed by atoms with E-state index in [9.17, 15) is 22.4 Å². The number of benzene rings is 2. The van der Waals surface area contributed by atoms with Gasteiger partial charge in [-0.15, -0.1) is 0 Å². The lowest BCUT2D eigenvalue weighted by Crippen LogP contribution is -2.47. The first-order chi connectivity index (χ1) is 16.1. The molecule has 8 nitrogen and oxygen atoms in total. The van der Waals surface area contributed by atoms with Crippen molar-refractivity contribution in [1.82, 2.24) is 10.2 Å². The summed E-state index contributed by atoms with van der Waals surface area (Å²) in [5.74, 6) is -0.581. The van der Waals surface area contributed by atoms with Gasteiger partial charge in [0.25, 0.3) is 0 Å². The summed E-state index contributed by atoms with van der Waals surface area (Å²) >= 11 is 0. The highest BCUT2D eigenvalue weighted by molar-refractivity contribution is 7.92. The quantitative estimate of drug-likeness (QED) is 0.491. The number of amides is 2. The number of carbonyl (C=O) groups excluding carboxylic acids is 2. The lowest BCUT2D eigenvalue weighted by atomic mass is 10.1. The van der Waals surface area contributed by atoms with E-state index in [-0.39, 0.29) is 43.4 Å². The highest BCUT2D eigenvalue weighted by Gasteiger charge is 2.26. The number of halogens is 1. The summed E-state index contributed by atoms with van der Waals surface area (Å²) in [7, 11) is -2.20. The molecule has 0 unspecified atom stereocenters. The van der Waals surface area contributed by atoms with E-state index in [1.54, 1.807) is 39.2 Å². The van der Waals surface area contributed by atoms with Crippen LogP contribution in [0.15, 0.2) is 48.5 Å². The first kappa shape index (κ1) is 27.1. The lowest BCUT2D eigenvalue weighted by molar-refractivity contribution is -0.140. The minimum atomic E-state index is -3.76. The summed E-state index contributed by atoms with van der Waals surface area (Å²) in [6.45, 7) is 4.00. The highest BCUT2D eigenvalue weighted by atomic mass is 32.2. The molecule has 10 heteroatoms. The molecule has 1 N–H and O–H groups in total. The largest absolute Gasteiger partial charge is 0.497 e. The molecular formula is C24H32FN3O5S. The van der Waals surface area contributed by atoms with Gasteiger partial charge in [-0.3, -0.25) is 13.9 Å². The minimum absolute atomic E-state index is 0.0135. The van der Waals surface area contributed by atoms with Crippen molar-refractivity contribution >= 4 is 27.5 Å². The molecule has 0 bridgehead atoms. The fourth-order valence-electron chi connectivity index (χ4n) is 3.47. The van der Waals surface area contributed by atoms with Gasteiger partial charge in [0.2, 0.25) is 21.8 Å². The second kappa shape index (κ2) is 12.4. The maximum Gasteiger partial charge on any atom is 0.242 e. The second-order valence-electron chi connectivity index (χ2n) is 7.83. The smallest absolute Gasteiger partial charge is 0.242 e. The van der Waals surface area contributed by atoms with Crippen molar-refractivity contribution in [2.45, 2.75) is 39.3 Å². The van der Waals surface area contributed by atoms with E-state index in [4.69, 9.17) is 4.74 Å². The molecule has 0 saturated carbocycles. The van der Waals surface area contributed by atoms with Crippen LogP contribution >= 0.6 is 0 Å². The van der Waals surface area contributed by atoms with Crippen molar-refractivity contribution in [3.05, 3.63) is 59.9 Å². The van der Waals surface area contributed by atoms with Crippen LogP contribution in [0.2, 0.25) is 0 Å². The van der Waals surface area contributed by atoms with Gasteiger partial charge in [0, 0.05) is 26.1 Å². The molecule has 186 valence electrons. The Labute approximate surface area is 200 Å². The van der Waals surface area contributed by atoms with E-state index in [1.807, 2.05) is 12.1 Å². The molecule has 0 heterocycles.